The quantitative estimate of drug-likeness (QED) is 0.922. The van der Waals surface area contributed by atoms with Crippen molar-refractivity contribution in [2.45, 2.75) is 6.54 Å². The van der Waals surface area contributed by atoms with Crippen LogP contribution in [0.4, 0.5) is 5.69 Å². The number of ether oxygens (including phenoxy) is 3. The second-order valence-electron chi connectivity index (χ2n) is 4.35. The molecule has 0 spiro atoms. The Hall–Kier alpha value is -1.88. The molecule has 2 aromatic rings. The molecule has 1 aliphatic heterocycles. The Kier molecular flexibility index (Phi) is 3.69. The molecule has 0 aliphatic carbocycles. The Labute approximate surface area is 125 Å². The molecule has 0 aromatic heterocycles. The van der Waals surface area contributed by atoms with E-state index in [1.807, 2.05) is 36.4 Å². The molecule has 0 fully saturated rings. The van der Waals surface area contributed by atoms with Gasteiger partial charge in [0, 0.05) is 11.0 Å². The van der Waals surface area contributed by atoms with E-state index in [0.29, 0.717) is 6.54 Å². The van der Waals surface area contributed by atoms with Crippen LogP contribution >= 0.6 is 15.9 Å². The monoisotopic (exact) mass is 335 g/mol. The lowest BCUT2D eigenvalue weighted by Gasteiger charge is -2.12. The number of para-hydroxylation sites is 2. The van der Waals surface area contributed by atoms with Gasteiger partial charge in [0.05, 0.1) is 12.8 Å². The van der Waals surface area contributed by atoms with Crippen LogP contribution in [0.15, 0.2) is 40.9 Å². The lowest BCUT2D eigenvalue weighted by Crippen LogP contribution is -2.02. The molecule has 2 aromatic carbocycles. The summed E-state index contributed by atoms with van der Waals surface area (Å²) in [7, 11) is 1.66. The standard InChI is InChI=1S/C15H14BrNO3/c1-18-13-5-3-2-4-12(13)17-8-10-6-14-15(7-11(10)16)20-9-19-14/h2-7,17H,8-9H2,1H3. The Morgan fingerprint density at radius 2 is 1.95 bits per heavy atom. The molecule has 0 bridgehead atoms. The molecular weight excluding hydrogens is 322 g/mol. The molecule has 0 unspecified atom stereocenters. The summed E-state index contributed by atoms with van der Waals surface area (Å²) in [6.45, 7) is 0.947. The second-order valence-corrected chi connectivity index (χ2v) is 5.21. The minimum atomic E-state index is 0.283. The number of halogens is 1. The zero-order valence-corrected chi connectivity index (χ0v) is 12.6. The van der Waals surface area contributed by atoms with Crippen molar-refractivity contribution in [2.75, 3.05) is 19.2 Å². The molecule has 0 atom stereocenters. The van der Waals surface area contributed by atoms with Crippen molar-refractivity contribution in [1.29, 1.82) is 0 Å². The molecule has 4 nitrogen and oxygen atoms in total. The molecule has 1 heterocycles. The fourth-order valence-electron chi connectivity index (χ4n) is 2.08. The molecule has 1 N–H and O–H groups in total. The Balaban J connectivity index is 1.78. The van der Waals surface area contributed by atoms with E-state index in [-0.39, 0.29) is 6.79 Å². The number of hydrogen-bond acceptors (Lipinski definition) is 4. The average Bonchev–Trinajstić information content (AvgIpc) is 2.92. The minimum absolute atomic E-state index is 0.283. The topological polar surface area (TPSA) is 39.7 Å². The number of nitrogens with one attached hydrogen (secondary N) is 1. The molecule has 5 heteroatoms. The summed E-state index contributed by atoms with van der Waals surface area (Å²) in [5.74, 6) is 2.38. The smallest absolute Gasteiger partial charge is 0.231 e. The van der Waals surface area contributed by atoms with E-state index in [0.717, 1.165) is 33.0 Å². The van der Waals surface area contributed by atoms with Gasteiger partial charge in [0.15, 0.2) is 11.5 Å². The molecule has 104 valence electrons. The van der Waals surface area contributed by atoms with Gasteiger partial charge in [-0.1, -0.05) is 28.1 Å². The van der Waals surface area contributed by atoms with E-state index in [2.05, 4.69) is 21.2 Å². The van der Waals surface area contributed by atoms with Crippen LogP contribution in [0.5, 0.6) is 17.2 Å². The van der Waals surface area contributed by atoms with E-state index < -0.39 is 0 Å². The third-order valence-electron chi connectivity index (χ3n) is 3.12. The first-order valence-corrected chi connectivity index (χ1v) is 7.02. The first-order valence-electron chi connectivity index (χ1n) is 6.23. The van der Waals surface area contributed by atoms with E-state index in [4.69, 9.17) is 14.2 Å². The molecule has 20 heavy (non-hydrogen) atoms. The number of methoxy groups -OCH3 is 1. The largest absolute Gasteiger partial charge is 0.495 e. The first-order chi connectivity index (χ1) is 9.78. The summed E-state index contributed by atoms with van der Waals surface area (Å²) in [5, 5.41) is 3.36. The van der Waals surface area contributed by atoms with Gasteiger partial charge in [-0.05, 0) is 29.8 Å². The van der Waals surface area contributed by atoms with Crippen LogP contribution in [0.25, 0.3) is 0 Å². The molecular formula is C15H14BrNO3. The van der Waals surface area contributed by atoms with Crippen LogP contribution in [0, 0.1) is 0 Å². The molecule has 1 aliphatic rings. The van der Waals surface area contributed by atoms with Gasteiger partial charge in [0.25, 0.3) is 0 Å². The van der Waals surface area contributed by atoms with E-state index in [1.54, 1.807) is 7.11 Å². The van der Waals surface area contributed by atoms with Crippen LogP contribution in [0.3, 0.4) is 0 Å². The summed E-state index contributed by atoms with van der Waals surface area (Å²) in [4.78, 5) is 0. The van der Waals surface area contributed by atoms with Gasteiger partial charge in [-0.15, -0.1) is 0 Å². The van der Waals surface area contributed by atoms with Crippen molar-refractivity contribution in [1.82, 2.24) is 0 Å². The molecule has 0 saturated carbocycles. The maximum atomic E-state index is 5.40. The van der Waals surface area contributed by atoms with Crippen LogP contribution in [-0.2, 0) is 6.54 Å². The van der Waals surface area contributed by atoms with Crippen LogP contribution < -0.4 is 19.5 Å². The van der Waals surface area contributed by atoms with Gasteiger partial charge in [-0.3, -0.25) is 0 Å². The van der Waals surface area contributed by atoms with Gasteiger partial charge >= 0.3 is 0 Å². The fourth-order valence-corrected chi connectivity index (χ4v) is 2.54. The summed E-state index contributed by atoms with van der Waals surface area (Å²) in [6, 6.07) is 11.7. The Morgan fingerprint density at radius 1 is 1.20 bits per heavy atom. The van der Waals surface area contributed by atoms with Crippen molar-refractivity contribution in [3.8, 4) is 17.2 Å². The van der Waals surface area contributed by atoms with Gasteiger partial charge in [0.1, 0.15) is 5.75 Å². The highest BCUT2D eigenvalue weighted by molar-refractivity contribution is 9.10. The first kappa shape index (κ1) is 13.1. The summed E-state index contributed by atoms with van der Waals surface area (Å²) in [6.07, 6.45) is 0. The number of fused-ring (bicyclic) bond motifs is 1. The predicted molar refractivity (Wildman–Crippen MR) is 80.6 cm³/mol. The maximum Gasteiger partial charge on any atom is 0.231 e. The number of anilines is 1. The average molecular weight is 336 g/mol. The van der Waals surface area contributed by atoms with Crippen molar-refractivity contribution >= 4 is 21.6 Å². The Bertz CT molecular complexity index is 631. The molecule has 0 radical (unpaired) electrons. The van der Waals surface area contributed by atoms with E-state index in [9.17, 15) is 0 Å². The number of rotatable bonds is 4. The van der Waals surface area contributed by atoms with Gasteiger partial charge in [-0.2, -0.15) is 0 Å². The van der Waals surface area contributed by atoms with Crippen molar-refractivity contribution in [3.05, 3.63) is 46.4 Å². The summed E-state index contributed by atoms with van der Waals surface area (Å²) >= 11 is 3.55. The van der Waals surface area contributed by atoms with Crippen LogP contribution in [0.1, 0.15) is 5.56 Å². The van der Waals surface area contributed by atoms with Crippen molar-refractivity contribution in [2.24, 2.45) is 0 Å². The minimum Gasteiger partial charge on any atom is -0.495 e. The van der Waals surface area contributed by atoms with Crippen molar-refractivity contribution < 1.29 is 14.2 Å². The zero-order valence-electron chi connectivity index (χ0n) is 11.0. The fraction of sp³-hybridized carbons (Fsp3) is 0.200. The number of hydrogen-bond donors (Lipinski definition) is 1. The van der Waals surface area contributed by atoms with E-state index >= 15 is 0 Å². The highest BCUT2D eigenvalue weighted by Crippen LogP contribution is 2.37. The van der Waals surface area contributed by atoms with Gasteiger partial charge < -0.3 is 19.5 Å². The SMILES string of the molecule is COc1ccccc1NCc1cc2c(cc1Br)OCO2. The lowest BCUT2D eigenvalue weighted by atomic mass is 10.2. The van der Waals surface area contributed by atoms with Crippen molar-refractivity contribution in [3.63, 3.8) is 0 Å². The zero-order chi connectivity index (χ0) is 13.9. The summed E-state index contributed by atoms with van der Waals surface area (Å²) < 4.78 is 17.0. The highest BCUT2D eigenvalue weighted by Gasteiger charge is 2.16. The normalized spacial score (nSPS) is 12.3. The van der Waals surface area contributed by atoms with Crippen LogP contribution in [0.2, 0.25) is 0 Å². The molecule has 0 saturated heterocycles. The number of benzene rings is 2. The van der Waals surface area contributed by atoms with Crippen LogP contribution in [-0.4, -0.2) is 13.9 Å². The van der Waals surface area contributed by atoms with Gasteiger partial charge in [-0.25, -0.2) is 0 Å². The maximum absolute atomic E-state index is 5.40. The van der Waals surface area contributed by atoms with E-state index in [1.165, 1.54) is 0 Å². The second kappa shape index (κ2) is 5.63. The molecule has 3 rings (SSSR count). The van der Waals surface area contributed by atoms with Gasteiger partial charge in [0.2, 0.25) is 6.79 Å². The highest BCUT2D eigenvalue weighted by atomic mass is 79.9. The third kappa shape index (κ3) is 2.54. The Morgan fingerprint density at radius 3 is 2.75 bits per heavy atom. The summed E-state index contributed by atoms with van der Waals surface area (Å²) in [5.41, 5.74) is 2.06. The predicted octanol–water partition coefficient (Wildman–Crippen LogP) is 3.80. The molecule has 0 amide bonds. The third-order valence-corrected chi connectivity index (χ3v) is 3.86. The lowest BCUT2D eigenvalue weighted by molar-refractivity contribution is 0.174.